The normalized spacial score (nSPS) is 10.2. The Bertz CT molecular complexity index is 591. The number of halogens is 1. The number of carbonyl (C=O) groups is 1. The number of phenolic OH excluding ortho intramolecular Hbond substituents is 1. The zero-order valence-corrected chi connectivity index (χ0v) is 10.3. The number of aromatic hydroxyl groups is 1. The van der Waals surface area contributed by atoms with E-state index in [-0.39, 0.29) is 11.3 Å². The van der Waals surface area contributed by atoms with Crippen LogP contribution in [0.1, 0.15) is 10.4 Å². The van der Waals surface area contributed by atoms with Crippen molar-refractivity contribution in [3.05, 3.63) is 53.8 Å². The van der Waals surface area contributed by atoms with Gasteiger partial charge in [-0.05, 0) is 36.4 Å². The zero-order chi connectivity index (χ0) is 14.0. The first-order chi connectivity index (χ1) is 9.00. The van der Waals surface area contributed by atoms with Crippen molar-refractivity contribution in [1.29, 1.82) is 0 Å². The molecule has 0 aliphatic carbocycles. The predicted molar refractivity (Wildman–Crippen MR) is 71.7 cm³/mol. The van der Waals surface area contributed by atoms with E-state index in [1.807, 2.05) is 0 Å². The maximum atomic E-state index is 13.6. The first kappa shape index (κ1) is 12.9. The Balaban J connectivity index is 2.36. The molecular weight excluding hydrogens is 247 g/mol. The first-order valence-electron chi connectivity index (χ1n) is 5.62. The molecule has 0 aliphatic heterocycles. The van der Waals surface area contributed by atoms with E-state index in [4.69, 9.17) is 5.73 Å². The van der Waals surface area contributed by atoms with Crippen LogP contribution in [0.15, 0.2) is 42.5 Å². The van der Waals surface area contributed by atoms with Crippen LogP contribution in [0.4, 0.5) is 15.8 Å². The van der Waals surface area contributed by atoms with Crippen LogP contribution in [0.3, 0.4) is 0 Å². The molecule has 0 heterocycles. The number of carbonyl (C=O) groups excluding carboxylic acids is 1. The molecule has 2 aromatic rings. The average Bonchev–Trinajstić information content (AvgIpc) is 2.38. The fraction of sp³-hybridized carbons (Fsp3) is 0.0714. The van der Waals surface area contributed by atoms with Crippen LogP contribution in [0, 0.1) is 5.82 Å². The summed E-state index contributed by atoms with van der Waals surface area (Å²) in [5, 5.41) is 9.59. The van der Waals surface area contributed by atoms with Gasteiger partial charge in [0.1, 0.15) is 17.1 Å². The Morgan fingerprint density at radius 3 is 2.42 bits per heavy atom. The van der Waals surface area contributed by atoms with Crippen molar-refractivity contribution < 1.29 is 14.3 Å². The maximum absolute atomic E-state index is 13.6. The van der Waals surface area contributed by atoms with Gasteiger partial charge in [0, 0.05) is 18.4 Å². The van der Waals surface area contributed by atoms with Gasteiger partial charge < -0.3 is 15.7 Å². The molecule has 98 valence electrons. The lowest BCUT2D eigenvalue weighted by Gasteiger charge is -2.18. The van der Waals surface area contributed by atoms with E-state index in [2.05, 4.69) is 0 Å². The second-order valence-corrected chi connectivity index (χ2v) is 4.09. The smallest absolute Gasteiger partial charge is 0.264 e. The highest BCUT2D eigenvalue weighted by Gasteiger charge is 2.21. The van der Waals surface area contributed by atoms with Crippen LogP contribution >= 0.6 is 0 Å². The van der Waals surface area contributed by atoms with Crippen molar-refractivity contribution in [2.75, 3.05) is 17.7 Å². The van der Waals surface area contributed by atoms with Gasteiger partial charge in [-0.3, -0.25) is 4.79 Å². The van der Waals surface area contributed by atoms with Gasteiger partial charge in [-0.15, -0.1) is 0 Å². The summed E-state index contributed by atoms with van der Waals surface area (Å²) in [6.07, 6.45) is 0. The molecule has 5 heteroatoms. The van der Waals surface area contributed by atoms with E-state index in [0.717, 1.165) is 6.07 Å². The van der Waals surface area contributed by atoms with Crippen molar-refractivity contribution >= 4 is 17.3 Å². The Morgan fingerprint density at radius 1 is 1.21 bits per heavy atom. The number of rotatable bonds is 2. The van der Waals surface area contributed by atoms with Gasteiger partial charge in [0.05, 0.1) is 0 Å². The van der Waals surface area contributed by atoms with Crippen molar-refractivity contribution in [3.63, 3.8) is 0 Å². The Hall–Kier alpha value is -2.56. The first-order valence-corrected chi connectivity index (χ1v) is 5.62. The minimum Gasteiger partial charge on any atom is -0.507 e. The van der Waals surface area contributed by atoms with Gasteiger partial charge in [-0.2, -0.15) is 0 Å². The lowest BCUT2D eigenvalue weighted by atomic mass is 10.1. The Labute approximate surface area is 109 Å². The van der Waals surface area contributed by atoms with E-state index in [1.165, 1.54) is 24.1 Å². The van der Waals surface area contributed by atoms with Crippen LogP contribution in [0.2, 0.25) is 0 Å². The van der Waals surface area contributed by atoms with Gasteiger partial charge in [0.15, 0.2) is 0 Å². The summed E-state index contributed by atoms with van der Waals surface area (Å²) in [4.78, 5) is 13.4. The molecule has 19 heavy (non-hydrogen) atoms. The molecule has 4 nitrogen and oxygen atoms in total. The molecule has 0 atom stereocenters. The molecule has 0 aliphatic rings. The fourth-order valence-electron chi connectivity index (χ4n) is 1.71. The monoisotopic (exact) mass is 260 g/mol. The minimum atomic E-state index is -0.757. The van der Waals surface area contributed by atoms with Crippen molar-refractivity contribution in [2.24, 2.45) is 0 Å². The van der Waals surface area contributed by atoms with Crippen LogP contribution in [-0.2, 0) is 0 Å². The Morgan fingerprint density at radius 2 is 1.84 bits per heavy atom. The number of anilines is 2. The van der Waals surface area contributed by atoms with Crippen molar-refractivity contribution in [3.8, 4) is 5.75 Å². The summed E-state index contributed by atoms with van der Waals surface area (Å²) < 4.78 is 13.6. The highest BCUT2D eigenvalue weighted by atomic mass is 19.1. The highest BCUT2D eigenvalue weighted by Crippen LogP contribution is 2.24. The van der Waals surface area contributed by atoms with E-state index < -0.39 is 11.7 Å². The molecular formula is C14H13FN2O2. The number of nitrogens with two attached hydrogens (primary N) is 1. The third-order valence-electron chi connectivity index (χ3n) is 2.79. The molecule has 0 saturated heterocycles. The molecule has 0 fully saturated rings. The number of nitrogens with zero attached hydrogens (tertiary/aromatic N) is 1. The number of hydrogen-bond donors (Lipinski definition) is 2. The summed E-state index contributed by atoms with van der Waals surface area (Å²) >= 11 is 0. The van der Waals surface area contributed by atoms with Gasteiger partial charge in [-0.1, -0.05) is 6.07 Å². The molecule has 0 unspecified atom stereocenters. The summed E-state index contributed by atoms with van der Waals surface area (Å²) in [7, 11) is 1.50. The largest absolute Gasteiger partial charge is 0.507 e. The number of phenols is 1. The van der Waals surface area contributed by atoms with Crippen molar-refractivity contribution in [2.45, 2.75) is 0 Å². The molecule has 0 spiro atoms. The van der Waals surface area contributed by atoms with E-state index in [9.17, 15) is 14.3 Å². The lowest BCUT2D eigenvalue weighted by Crippen LogP contribution is -2.27. The molecule has 0 radical (unpaired) electrons. The van der Waals surface area contributed by atoms with E-state index in [1.54, 1.807) is 24.3 Å². The molecule has 3 N–H and O–H groups in total. The predicted octanol–water partition coefficient (Wildman–Crippen LogP) is 2.39. The molecule has 0 bridgehead atoms. The summed E-state index contributed by atoms with van der Waals surface area (Å²) in [5.41, 5.74) is 6.34. The SMILES string of the molecule is CN(C(=O)c1c(O)cccc1F)c1ccc(N)cc1. The van der Waals surface area contributed by atoms with Gasteiger partial charge in [0.2, 0.25) is 0 Å². The number of hydrogen-bond acceptors (Lipinski definition) is 3. The number of amides is 1. The topological polar surface area (TPSA) is 66.6 Å². The quantitative estimate of drug-likeness (QED) is 0.815. The van der Waals surface area contributed by atoms with Crippen LogP contribution in [-0.4, -0.2) is 18.1 Å². The number of benzene rings is 2. The maximum Gasteiger partial charge on any atom is 0.264 e. The second kappa shape index (κ2) is 4.97. The highest BCUT2D eigenvalue weighted by molar-refractivity contribution is 6.07. The van der Waals surface area contributed by atoms with Gasteiger partial charge >= 0.3 is 0 Å². The van der Waals surface area contributed by atoms with Crippen molar-refractivity contribution in [1.82, 2.24) is 0 Å². The van der Waals surface area contributed by atoms with E-state index >= 15 is 0 Å². The van der Waals surface area contributed by atoms with Gasteiger partial charge in [-0.25, -0.2) is 4.39 Å². The third kappa shape index (κ3) is 2.49. The standard InChI is InChI=1S/C14H13FN2O2/c1-17(10-7-5-9(16)6-8-10)14(19)13-11(15)3-2-4-12(13)18/h2-8,18H,16H2,1H3. The molecule has 1 amide bonds. The fourth-order valence-corrected chi connectivity index (χ4v) is 1.71. The number of nitrogen functional groups attached to an aromatic ring is 1. The van der Waals surface area contributed by atoms with Crippen LogP contribution in [0.25, 0.3) is 0 Å². The summed E-state index contributed by atoms with van der Waals surface area (Å²) in [5.74, 6) is -1.76. The van der Waals surface area contributed by atoms with E-state index in [0.29, 0.717) is 11.4 Å². The third-order valence-corrected chi connectivity index (χ3v) is 2.79. The molecule has 2 rings (SSSR count). The second-order valence-electron chi connectivity index (χ2n) is 4.09. The lowest BCUT2D eigenvalue weighted by molar-refractivity contribution is 0.0986. The average molecular weight is 260 g/mol. The van der Waals surface area contributed by atoms with Gasteiger partial charge in [0.25, 0.3) is 5.91 Å². The summed E-state index contributed by atoms with van der Waals surface area (Å²) in [6.45, 7) is 0. The molecule has 0 aromatic heterocycles. The molecule has 2 aromatic carbocycles. The Kier molecular flexibility index (Phi) is 3.37. The summed E-state index contributed by atoms with van der Waals surface area (Å²) in [6, 6.07) is 10.3. The van der Waals surface area contributed by atoms with Crippen LogP contribution in [0.5, 0.6) is 5.75 Å². The molecule has 0 saturated carbocycles. The van der Waals surface area contributed by atoms with Crippen LogP contribution < -0.4 is 10.6 Å². The minimum absolute atomic E-state index is 0.346. The zero-order valence-electron chi connectivity index (χ0n) is 10.3.